The van der Waals surface area contributed by atoms with Crippen LogP contribution in [0, 0.1) is 5.41 Å². The van der Waals surface area contributed by atoms with Gasteiger partial charge in [0.25, 0.3) is 0 Å². The molecule has 2 aromatic rings. The number of methoxy groups -OCH3 is 1. The number of guanidine groups is 1. The first kappa shape index (κ1) is 20.8. The number of carboxylic acids is 1. The third kappa shape index (κ3) is 6.71. The van der Waals surface area contributed by atoms with E-state index in [1.54, 1.807) is 7.11 Å². The van der Waals surface area contributed by atoms with Gasteiger partial charge in [-0.3, -0.25) is 15.0 Å². The van der Waals surface area contributed by atoms with Gasteiger partial charge >= 0.3 is 5.97 Å². The fraction of sp³-hybridized carbons (Fsp3) is 0.353. The molecule has 2 rings (SSSR count). The maximum Gasteiger partial charge on any atom is 0.323 e. The fourth-order valence-corrected chi connectivity index (χ4v) is 2.15. The number of nitrogens with two attached hydrogens (primary N) is 1. The van der Waals surface area contributed by atoms with Crippen molar-refractivity contribution in [3.8, 4) is 5.75 Å². The van der Waals surface area contributed by atoms with Gasteiger partial charge in [-0.2, -0.15) is 0 Å². The van der Waals surface area contributed by atoms with Gasteiger partial charge < -0.3 is 30.8 Å². The molecule has 142 valence electrons. The lowest BCUT2D eigenvalue weighted by Gasteiger charge is -2.12. The van der Waals surface area contributed by atoms with E-state index in [0.717, 1.165) is 28.0 Å². The van der Waals surface area contributed by atoms with Crippen molar-refractivity contribution in [3.63, 3.8) is 0 Å². The van der Waals surface area contributed by atoms with E-state index in [4.69, 9.17) is 21.0 Å². The molecular weight excluding hydrogens is 338 g/mol. The minimum atomic E-state index is -0.993. The molecule has 9 heteroatoms. The highest BCUT2D eigenvalue weighted by molar-refractivity contribution is 5.84. The number of benzene rings is 1. The molecule has 1 aromatic carbocycles. The Hall–Kier alpha value is -3.23. The lowest BCUT2D eigenvalue weighted by atomic mass is 10.1. The Bertz CT molecular complexity index is 772. The van der Waals surface area contributed by atoms with Crippen LogP contribution in [0.15, 0.2) is 24.4 Å². The van der Waals surface area contributed by atoms with Crippen LogP contribution in [0.3, 0.4) is 0 Å². The van der Waals surface area contributed by atoms with Crippen molar-refractivity contribution in [2.75, 3.05) is 27.2 Å². The zero-order valence-corrected chi connectivity index (χ0v) is 15.1. The van der Waals surface area contributed by atoms with Crippen molar-refractivity contribution in [2.24, 2.45) is 5.73 Å². The second kappa shape index (κ2) is 9.92. The molecule has 1 heterocycles. The second-order valence-electron chi connectivity index (χ2n) is 5.59. The molecule has 0 unspecified atom stereocenters. The van der Waals surface area contributed by atoms with Gasteiger partial charge in [-0.25, -0.2) is 0 Å². The smallest absolute Gasteiger partial charge is 0.323 e. The number of likely N-dealkylation sites (N-methyl/N-ethyl adjacent to an activating group) is 1. The molecule has 26 heavy (non-hydrogen) atoms. The van der Waals surface area contributed by atoms with Gasteiger partial charge in [-0.1, -0.05) is 0 Å². The van der Waals surface area contributed by atoms with Gasteiger partial charge in [0, 0.05) is 37.6 Å². The number of amides is 1. The first-order valence-electron chi connectivity index (χ1n) is 7.90. The summed E-state index contributed by atoms with van der Waals surface area (Å²) in [6.07, 6.45) is 2.79. The zero-order chi connectivity index (χ0) is 19.7. The summed E-state index contributed by atoms with van der Waals surface area (Å²) in [6, 6.07) is 5.93. The van der Waals surface area contributed by atoms with E-state index in [9.17, 15) is 9.59 Å². The highest BCUT2D eigenvalue weighted by Gasteiger charge is 2.05. The molecule has 1 amide bonds. The van der Waals surface area contributed by atoms with Crippen LogP contribution in [0.1, 0.15) is 12.5 Å². The average Bonchev–Trinajstić information content (AvgIpc) is 2.96. The predicted octanol–water partition coefficient (Wildman–Crippen LogP) is 0.751. The summed E-state index contributed by atoms with van der Waals surface area (Å²) in [5.41, 5.74) is 7.20. The predicted molar refractivity (Wildman–Crippen MR) is 99.4 cm³/mol. The van der Waals surface area contributed by atoms with Crippen molar-refractivity contribution in [3.05, 3.63) is 30.0 Å². The molecule has 0 saturated carbocycles. The van der Waals surface area contributed by atoms with Crippen molar-refractivity contribution in [1.82, 2.24) is 15.2 Å². The van der Waals surface area contributed by atoms with Crippen LogP contribution in [0.4, 0.5) is 0 Å². The third-order valence-electron chi connectivity index (χ3n) is 3.53. The van der Waals surface area contributed by atoms with Gasteiger partial charge in [0.1, 0.15) is 12.3 Å². The summed E-state index contributed by atoms with van der Waals surface area (Å²) in [6.45, 7) is 1.95. The Kier molecular flexibility index (Phi) is 7.94. The van der Waals surface area contributed by atoms with E-state index in [1.165, 1.54) is 19.5 Å². The average molecular weight is 363 g/mol. The normalized spacial score (nSPS) is 9.81. The van der Waals surface area contributed by atoms with Crippen LogP contribution in [0.25, 0.3) is 10.9 Å². The van der Waals surface area contributed by atoms with Gasteiger partial charge in [-0.05, 0) is 30.2 Å². The van der Waals surface area contributed by atoms with Crippen molar-refractivity contribution < 1.29 is 19.4 Å². The van der Waals surface area contributed by atoms with Crippen LogP contribution in [-0.2, 0) is 16.0 Å². The van der Waals surface area contributed by atoms with E-state index in [1.807, 2.05) is 24.4 Å². The monoisotopic (exact) mass is 363 g/mol. The van der Waals surface area contributed by atoms with Crippen LogP contribution in [0.2, 0.25) is 0 Å². The zero-order valence-electron chi connectivity index (χ0n) is 15.1. The number of aromatic amines is 1. The Morgan fingerprint density at radius 1 is 1.42 bits per heavy atom. The molecule has 0 atom stereocenters. The molecule has 0 fully saturated rings. The Labute approximate surface area is 151 Å². The third-order valence-corrected chi connectivity index (χ3v) is 3.53. The number of nitrogens with one attached hydrogen (secondary N) is 3. The van der Waals surface area contributed by atoms with E-state index in [2.05, 4.69) is 10.3 Å². The summed E-state index contributed by atoms with van der Waals surface area (Å²) >= 11 is 0. The number of fused-ring (bicyclic) bond motifs is 1. The molecule has 0 radical (unpaired) electrons. The maximum absolute atomic E-state index is 10.8. The minimum Gasteiger partial charge on any atom is -0.497 e. The number of H-pyrrole nitrogens is 1. The van der Waals surface area contributed by atoms with Crippen LogP contribution in [-0.4, -0.2) is 60.1 Å². The number of aliphatic carboxylic acids is 1. The number of hydrogen-bond acceptors (Lipinski definition) is 4. The van der Waals surface area contributed by atoms with E-state index in [-0.39, 0.29) is 18.4 Å². The molecule has 0 aliphatic heterocycles. The van der Waals surface area contributed by atoms with Gasteiger partial charge in [-0.15, -0.1) is 0 Å². The highest BCUT2D eigenvalue weighted by Crippen LogP contribution is 2.23. The highest BCUT2D eigenvalue weighted by atomic mass is 16.5. The summed E-state index contributed by atoms with van der Waals surface area (Å²) in [4.78, 5) is 25.1. The second-order valence-corrected chi connectivity index (χ2v) is 5.59. The largest absolute Gasteiger partial charge is 0.497 e. The topological polar surface area (TPSA) is 145 Å². The number of hydrogen-bond donors (Lipinski definition) is 5. The molecule has 0 spiro atoms. The van der Waals surface area contributed by atoms with E-state index < -0.39 is 5.97 Å². The van der Waals surface area contributed by atoms with E-state index in [0.29, 0.717) is 6.54 Å². The van der Waals surface area contributed by atoms with Crippen LogP contribution in [0.5, 0.6) is 5.75 Å². The number of carbonyl (C=O) groups excluding carboxylic acids is 1. The molecule has 0 aliphatic rings. The lowest BCUT2D eigenvalue weighted by Crippen LogP contribution is -2.36. The number of aromatic nitrogens is 1. The Morgan fingerprint density at radius 2 is 2.12 bits per heavy atom. The quantitative estimate of drug-likeness (QED) is 0.378. The van der Waals surface area contributed by atoms with Gasteiger partial charge in [0.15, 0.2) is 5.96 Å². The standard InChI is InChI=1S/C13H16N2O2.C4H9N3O2/c1-9(16)14-6-5-10-8-15-13-4-3-11(17-2)7-12(10)13;1-7(4(5)6)2-3(8)9/h3-4,7-8,15H,5-6H2,1-2H3,(H,14,16);2H2,1H3,(H3,5,6)(H,8,9). The maximum atomic E-state index is 10.8. The number of rotatable bonds is 6. The lowest BCUT2D eigenvalue weighted by molar-refractivity contribution is -0.137. The van der Waals surface area contributed by atoms with E-state index >= 15 is 0 Å². The van der Waals surface area contributed by atoms with Crippen molar-refractivity contribution in [2.45, 2.75) is 13.3 Å². The van der Waals surface area contributed by atoms with Crippen molar-refractivity contribution in [1.29, 1.82) is 5.41 Å². The van der Waals surface area contributed by atoms with Crippen LogP contribution < -0.4 is 15.8 Å². The SMILES string of the molecule is CN(CC(=O)O)C(=N)N.COc1ccc2[nH]cc(CCNC(C)=O)c2c1. The molecule has 0 saturated heterocycles. The number of carbonyl (C=O) groups is 2. The number of ether oxygens (including phenoxy) is 1. The first-order chi connectivity index (χ1) is 12.2. The van der Waals surface area contributed by atoms with Gasteiger partial charge in [0.2, 0.25) is 5.91 Å². The molecule has 9 nitrogen and oxygen atoms in total. The number of carboxylic acid groups (broad SMARTS) is 1. The van der Waals surface area contributed by atoms with Gasteiger partial charge in [0.05, 0.1) is 7.11 Å². The summed E-state index contributed by atoms with van der Waals surface area (Å²) in [7, 11) is 3.10. The molecular formula is C17H25N5O4. The minimum absolute atomic E-state index is 0.00224. The first-order valence-corrected chi connectivity index (χ1v) is 7.90. The molecule has 1 aromatic heterocycles. The Balaban J connectivity index is 0.000000321. The molecule has 0 aliphatic carbocycles. The summed E-state index contributed by atoms with van der Waals surface area (Å²) in [5, 5.41) is 18.8. The summed E-state index contributed by atoms with van der Waals surface area (Å²) < 4.78 is 5.21. The molecule has 0 bridgehead atoms. The van der Waals surface area contributed by atoms with Crippen LogP contribution >= 0.6 is 0 Å². The number of nitrogens with zero attached hydrogens (tertiary/aromatic N) is 1. The Morgan fingerprint density at radius 3 is 2.62 bits per heavy atom. The fourth-order valence-electron chi connectivity index (χ4n) is 2.15. The van der Waals surface area contributed by atoms with Crippen molar-refractivity contribution >= 4 is 28.7 Å². The summed E-state index contributed by atoms with van der Waals surface area (Å²) in [5.74, 6) is -0.384. The molecule has 6 N–H and O–H groups in total.